The number of rotatable bonds is 3. The molecule has 2 aromatic heterocycles. The Hall–Kier alpha value is -2.18. The second kappa shape index (κ2) is 4.13. The van der Waals surface area contributed by atoms with Crippen LogP contribution < -0.4 is 5.56 Å². The molecule has 0 fully saturated rings. The van der Waals surface area contributed by atoms with E-state index in [4.69, 9.17) is 4.74 Å². The minimum absolute atomic E-state index is 0.0253. The number of carbonyl (C=O) groups excluding carboxylic acids is 1. The van der Waals surface area contributed by atoms with Gasteiger partial charge in [-0.1, -0.05) is 0 Å². The lowest BCUT2D eigenvalue weighted by atomic mass is 10.4. The highest BCUT2D eigenvalue weighted by Gasteiger charge is 2.09. The van der Waals surface area contributed by atoms with Gasteiger partial charge in [0, 0.05) is 0 Å². The van der Waals surface area contributed by atoms with Crippen LogP contribution in [-0.2, 0) is 16.1 Å². The number of nitrogens with one attached hydrogen (secondary N) is 1. The molecule has 0 spiro atoms. The molecule has 0 saturated heterocycles. The van der Waals surface area contributed by atoms with E-state index in [2.05, 4.69) is 15.3 Å². The zero-order valence-corrected chi connectivity index (χ0v) is 8.64. The summed E-state index contributed by atoms with van der Waals surface area (Å²) < 4.78 is 6.17. The van der Waals surface area contributed by atoms with Crippen molar-refractivity contribution in [2.75, 3.05) is 6.61 Å². The van der Waals surface area contributed by atoms with Gasteiger partial charge in [-0.3, -0.25) is 14.3 Å². The fourth-order valence-corrected chi connectivity index (χ4v) is 1.37. The minimum atomic E-state index is -0.396. The maximum absolute atomic E-state index is 11.3. The Morgan fingerprint density at radius 1 is 1.56 bits per heavy atom. The molecule has 2 aromatic rings. The maximum atomic E-state index is 11.3. The highest BCUT2D eigenvalue weighted by molar-refractivity contribution is 5.78. The third-order valence-electron chi connectivity index (χ3n) is 2.06. The molecule has 0 saturated carbocycles. The second-order valence-electron chi connectivity index (χ2n) is 3.11. The summed E-state index contributed by atoms with van der Waals surface area (Å²) in [4.78, 5) is 22.6. The summed E-state index contributed by atoms with van der Waals surface area (Å²) in [6, 6.07) is 0. The number of ether oxygens (including phenoxy) is 1. The molecule has 1 N–H and O–H groups in total. The second-order valence-corrected chi connectivity index (χ2v) is 3.11. The first kappa shape index (κ1) is 10.3. The van der Waals surface area contributed by atoms with E-state index in [1.54, 1.807) is 6.92 Å². The zero-order valence-electron chi connectivity index (χ0n) is 8.64. The summed E-state index contributed by atoms with van der Waals surface area (Å²) in [7, 11) is 0. The van der Waals surface area contributed by atoms with Gasteiger partial charge in [0.25, 0.3) is 5.56 Å². The van der Waals surface area contributed by atoms with Crippen LogP contribution in [0.4, 0.5) is 0 Å². The van der Waals surface area contributed by atoms with Crippen LogP contribution in [0.25, 0.3) is 10.9 Å². The number of H-pyrrole nitrogens is 1. The summed E-state index contributed by atoms with van der Waals surface area (Å²) in [6.45, 7) is 2.02. The summed E-state index contributed by atoms with van der Waals surface area (Å²) in [5.41, 5.74) is 0.185. The van der Waals surface area contributed by atoms with Gasteiger partial charge in [0.15, 0.2) is 0 Å². The normalized spacial score (nSPS) is 10.6. The van der Waals surface area contributed by atoms with Crippen LogP contribution in [-0.4, -0.2) is 32.6 Å². The summed E-state index contributed by atoms with van der Waals surface area (Å²) in [5.74, 6) is -0.396. The molecule has 7 nitrogen and oxygen atoms in total. The van der Waals surface area contributed by atoms with E-state index in [1.165, 1.54) is 17.1 Å². The highest BCUT2D eigenvalue weighted by Crippen LogP contribution is 2.06. The van der Waals surface area contributed by atoms with E-state index in [-0.39, 0.29) is 12.1 Å². The standard InChI is InChI=1S/C9H10N4O3/c1-2-16-8(14)5-13-7-4-10-12-9(15)6(7)3-11-13/h3-4H,2,5H2,1H3,(H,12,15). The SMILES string of the molecule is CCOC(=O)Cn1ncc2c(=O)[nH]ncc21. The lowest BCUT2D eigenvalue weighted by Gasteiger charge is -2.02. The number of nitrogens with zero attached hydrogens (tertiary/aromatic N) is 3. The molecule has 0 atom stereocenters. The molecular weight excluding hydrogens is 212 g/mol. The largest absolute Gasteiger partial charge is 0.465 e. The predicted molar refractivity (Wildman–Crippen MR) is 54.8 cm³/mol. The topological polar surface area (TPSA) is 89.9 Å². The van der Waals surface area contributed by atoms with Crippen molar-refractivity contribution in [1.82, 2.24) is 20.0 Å². The van der Waals surface area contributed by atoms with E-state index in [0.717, 1.165) is 0 Å². The first-order chi connectivity index (χ1) is 7.72. The Labute approximate surface area is 90.0 Å². The number of aromatic amines is 1. The quantitative estimate of drug-likeness (QED) is 0.719. The lowest BCUT2D eigenvalue weighted by molar-refractivity contribution is -0.143. The van der Waals surface area contributed by atoms with Crippen molar-refractivity contribution in [2.45, 2.75) is 13.5 Å². The highest BCUT2D eigenvalue weighted by atomic mass is 16.5. The molecule has 0 amide bonds. The molecular formula is C9H10N4O3. The van der Waals surface area contributed by atoms with Crippen molar-refractivity contribution >= 4 is 16.9 Å². The Bertz CT molecular complexity index is 571. The lowest BCUT2D eigenvalue weighted by Crippen LogP contribution is -2.15. The van der Waals surface area contributed by atoms with E-state index >= 15 is 0 Å². The molecule has 16 heavy (non-hydrogen) atoms. The number of fused-ring (bicyclic) bond motifs is 1. The van der Waals surface area contributed by atoms with Crippen LogP contribution >= 0.6 is 0 Å². The van der Waals surface area contributed by atoms with Crippen molar-refractivity contribution in [1.29, 1.82) is 0 Å². The molecule has 0 unspecified atom stereocenters. The Kier molecular flexibility index (Phi) is 2.67. The Morgan fingerprint density at radius 2 is 2.38 bits per heavy atom. The van der Waals surface area contributed by atoms with Crippen LogP contribution in [0.5, 0.6) is 0 Å². The van der Waals surface area contributed by atoms with Gasteiger partial charge in [0.05, 0.1) is 29.9 Å². The van der Waals surface area contributed by atoms with Crippen molar-refractivity contribution in [3.05, 3.63) is 22.7 Å². The molecule has 2 heterocycles. The van der Waals surface area contributed by atoms with Crippen molar-refractivity contribution in [2.24, 2.45) is 0 Å². The predicted octanol–water partition coefficient (Wildman–Crippen LogP) is -0.317. The smallest absolute Gasteiger partial charge is 0.327 e. The van der Waals surface area contributed by atoms with Crippen LogP contribution in [0.2, 0.25) is 0 Å². The fourth-order valence-electron chi connectivity index (χ4n) is 1.37. The third kappa shape index (κ3) is 1.79. The zero-order chi connectivity index (χ0) is 11.5. The molecule has 0 radical (unpaired) electrons. The van der Waals surface area contributed by atoms with Gasteiger partial charge in [0.1, 0.15) is 6.54 Å². The number of carbonyl (C=O) groups is 1. The number of aromatic nitrogens is 4. The Morgan fingerprint density at radius 3 is 3.12 bits per heavy atom. The number of esters is 1. The van der Waals surface area contributed by atoms with E-state index < -0.39 is 5.97 Å². The third-order valence-corrected chi connectivity index (χ3v) is 2.06. The molecule has 0 aromatic carbocycles. The molecule has 7 heteroatoms. The number of hydrogen-bond acceptors (Lipinski definition) is 5. The van der Waals surface area contributed by atoms with Crippen LogP contribution in [0, 0.1) is 0 Å². The molecule has 2 rings (SSSR count). The number of hydrogen-bond donors (Lipinski definition) is 1. The van der Waals surface area contributed by atoms with Crippen LogP contribution in [0.1, 0.15) is 6.92 Å². The molecule has 0 aliphatic rings. The molecule has 0 aliphatic heterocycles. The van der Waals surface area contributed by atoms with Crippen LogP contribution in [0.15, 0.2) is 17.2 Å². The van der Waals surface area contributed by atoms with Crippen molar-refractivity contribution in [3.63, 3.8) is 0 Å². The molecule has 0 bridgehead atoms. The average molecular weight is 222 g/mol. The Balaban J connectivity index is 2.36. The van der Waals surface area contributed by atoms with E-state index in [0.29, 0.717) is 17.5 Å². The first-order valence-electron chi connectivity index (χ1n) is 4.77. The van der Waals surface area contributed by atoms with Crippen molar-refractivity contribution in [3.8, 4) is 0 Å². The van der Waals surface area contributed by atoms with Gasteiger partial charge in [0.2, 0.25) is 0 Å². The minimum Gasteiger partial charge on any atom is -0.465 e. The molecule has 84 valence electrons. The maximum Gasteiger partial charge on any atom is 0.327 e. The van der Waals surface area contributed by atoms with E-state index in [1.807, 2.05) is 0 Å². The van der Waals surface area contributed by atoms with Gasteiger partial charge < -0.3 is 4.74 Å². The van der Waals surface area contributed by atoms with Gasteiger partial charge in [-0.25, -0.2) is 5.10 Å². The summed E-state index contributed by atoms with van der Waals surface area (Å²) in [5, 5.41) is 10.3. The monoisotopic (exact) mass is 222 g/mol. The van der Waals surface area contributed by atoms with Gasteiger partial charge in [-0.15, -0.1) is 0 Å². The van der Waals surface area contributed by atoms with Gasteiger partial charge in [-0.2, -0.15) is 10.2 Å². The summed E-state index contributed by atoms with van der Waals surface area (Å²) >= 11 is 0. The first-order valence-corrected chi connectivity index (χ1v) is 4.77. The van der Waals surface area contributed by atoms with Crippen LogP contribution in [0.3, 0.4) is 0 Å². The molecule has 0 aliphatic carbocycles. The van der Waals surface area contributed by atoms with Crippen molar-refractivity contribution < 1.29 is 9.53 Å². The van der Waals surface area contributed by atoms with E-state index in [9.17, 15) is 9.59 Å². The van der Waals surface area contributed by atoms with Gasteiger partial charge >= 0.3 is 5.97 Å². The average Bonchev–Trinajstić information content (AvgIpc) is 2.64. The van der Waals surface area contributed by atoms with Gasteiger partial charge in [-0.05, 0) is 6.92 Å². The summed E-state index contributed by atoms with van der Waals surface area (Å²) in [6.07, 6.45) is 2.85. The fraction of sp³-hybridized carbons (Fsp3) is 0.333.